The summed E-state index contributed by atoms with van der Waals surface area (Å²) in [5, 5.41) is 53.4. The van der Waals surface area contributed by atoms with E-state index in [1.807, 2.05) is 78.9 Å². The Balaban J connectivity index is 0.000000196. The average Bonchev–Trinajstić information content (AvgIpc) is 0.811. The monoisotopic (exact) mass is 2120 g/mol. The van der Waals surface area contributed by atoms with Crippen LogP contribution in [0.4, 0.5) is 4.39 Å². The van der Waals surface area contributed by atoms with E-state index < -0.39 is 108 Å². The van der Waals surface area contributed by atoms with Crippen molar-refractivity contribution in [2.75, 3.05) is 47.8 Å². The number of aromatic nitrogens is 1. The van der Waals surface area contributed by atoms with Gasteiger partial charge in [0.1, 0.15) is 34.6 Å². The highest BCUT2D eigenvalue weighted by molar-refractivity contribution is 7.90. The van der Waals surface area contributed by atoms with Crippen LogP contribution in [0.5, 0.6) is 23.0 Å². The number of aromatic carboxylic acids is 4. The van der Waals surface area contributed by atoms with Gasteiger partial charge in [0.15, 0.2) is 5.03 Å². The van der Waals surface area contributed by atoms with Gasteiger partial charge < -0.3 is 54.0 Å². The normalized spacial score (nSPS) is 13.1. The van der Waals surface area contributed by atoms with Gasteiger partial charge >= 0.3 is 35.8 Å². The van der Waals surface area contributed by atoms with Crippen molar-refractivity contribution >= 4 is 96.0 Å². The number of nitrogens with zero attached hydrogens (tertiary/aromatic N) is 5. The third-order valence-corrected chi connectivity index (χ3v) is 32.1. The molecular formula is C103H108FN7O29S6. The van der Waals surface area contributed by atoms with Crippen molar-refractivity contribution in [3.05, 3.63) is 395 Å². The van der Waals surface area contributed by atoms with Gasteiger partial charge in [0.05, 0.1) is 101 Å². The zero-order valence-electron chi connectivity index (χ0n) is 79.5. The van der Waals surface area contributed by atoms with Gasteiger partial charge in [0, 0.05) is 71.2 Å². The van der Waals surface area contributed by atoms with Crippen LogP contribution in [0, 0.1) is 17.7 Å². The minimum absolute atomic E-state index is 0.00376. The van der Waals surface area contributed by atoms with E-state index in [1.54, 1.807) is 137 Å². The third kappa shape index (κ3) is 35.4. The quantitative estimate of drug-likeness (QED) is 0.0176. The van der Waals surface area contributed by atoms with Gasteiger partial charge in [0.2, 0.25) is 50.1 Å². The average molecular weight is 2120 g/mol. The summed E-state index contributed by atoms with van der Waals surface area (Å²) in [5.74, 6) is -4.29. The summed E-state index contributed by atoms with van der Waals surface area (Å²) in [4.78, 5) is 69.3. The minimum atomic E-state index is -3.93. The van der Waals surface area contributed by atoms with Crippen molar-refractivity contribution < 1.29 is 138 Å². The fourth-order valence-electron chi connectivity index (χ4n) is 14.1. The highest BCUT2D eigenvalue weighted by atomic mass is 32.2. The maximum absolute atomic E-state index is 13.5. The molecule has 2 heterocycles. The van der Waals surface area contributed by atoms with E-state index in [1.165, 1.54) is 159 Å². The summed E-state index contributed by atoms with van der Waals surface area (Å²) in [6, 6.07) is 81.1. The van der Waals surface area contributed by atoms with Crippen molar-refractivity contribution in [1.29, 1.82) is 0 Å². The van der Waals surface area contributed by atoms with Crippen molar-refractivity contribution in [3.8, 4) is 23.0 Å². The maximum atomic E-state index is 13.5. The Morgan fingerprint density at radius 3 is 1.16 bits per heavy atom. The first-order chi connectivity index (χ1) is 69.4. The number of sulfonamides is 6. The predicted molar refractivity (Wildman–Crippen MR) is 537 cm³/mol. The molecule has 0 unspecified atom stereocenters. The van der Waals surface area contributed by atoms with E-state index in [-0.39, 0.29) is 123 Å². The number of carboxylic acids is 6. The van der Waals surface area contributed by atoms with E-state index in [9.17, 15) is 83.7 Å². The number of pyridine rings is 1. The molecule has 13 aromatic rings. The van der Waals surface area contributed by atoms with Gasteiger partial charge in [-0.1, -0.05) is 133 Å². The van der Waals surface area contributed by atoms with Crippen LogP contribution in [0.15, 0.2) is 351 Å². The molecule has 146 heavy (non-hydrogen) atoms. The van der Waals surface area contributed by atoms with Crippen LogP contribution in [0.25, 0.3) is 0 Å². The number of methoxy groups -OCH3 is 4. The first kappa shape index (κ1) is 115. The summed E-state index contributed by atoms with van der Waals surface area (Å²) >= 11 is 0. The van der Waals surface area contributed by atoms with E-state index in [2.05, 4.69) is 14.4 Å². The minimum Gasteiger partial charge on any atom is -0.497 e. The molecule has 2 aromatic heterocycles. The number of nitrogens with one attached hydrogen (secondary N) is 2. The maximum Gasteiger partial charge on any atom is 0.335 e. The van der Waals surface area contributed by atoms with Crippen molar-refractivity contribution in [1.82, 2.24) is 31.6 Å². The molecule has 8 N–H and O–H groups in total. The number of ether oxygens (including phenoxy) is 4. The van der Waals surface area contributed by atoms with E-state index in [4.69, 9.17) is 54.0 Å². The number of hydrogen-bond donors (Lipinski definition) is 8. The molecule has 0 amide bonds. The van der Waals surface area contributed by atoms with Crippen LogP contribution < -0.4 is 28.4 Å². The van der Waals surface area contributed by atoms with Crippen LogP contribution in [-0.4, -0.2) is 187 Å². The van der Waals surface area contributed by atoms with Gasteiger partial charge in [-0.25, -0.2) is 88.5 Å². The number of hydrogen-bond acceptors (Lipinski definition) is 24. The molecule has 0 aliphatic heterocycles. The molecule has 0 spiro atoms. The second-order valence-corrected chi connectivity index (χ2v) is 43.8. The number of halogens is 1. The molecule has 1 fully saturated rings. The van der Waals surface area contributed by atoms with Crippen LogP contribution in [0.1, 0.15) is 118 Å². The molecule has 1 aliphatic carbocycles. The topological polar surface area (TPSA) is 529 Å². The molecule has 0 radical (unpaired) electrons. The molecule has 0 atom stereocenters. The zero-order chi connectivity index (χ0) is 106. The van der Waals surface area contributed by atoms with Gasteiger partial charge in [-0.3, -0.25) is 9.59 Å². The lowest BCUT2D eigenvalue weighted by atomic mass is 9.82. The first-order valence-electron chi connectivity index (χ1n) is 44.4. The first-order valence-corrected chi connectivity index (χ1v) is 53.3. The second kappa shape index (κ2) is 54.8. The number of carboxylic acid groups (broad SMARTS) is 6. The fourth-order valence-corrected chi connectivity index (χ4v) is 21.5. The smallest absolute Gasteiger partial charge is 0.335 e. The number of aliphatic carboxylic acids is 2. The lowest BCUT2D eigenvalue weighted by molar-refractivity contribution is -0.143. The van der Waals surface area contributed by atoms with Crippen LogP contribution >= 0.6 is 0 Å². The van der Waals surface area contributed by atoms with Crippen LogP contribution in [0.3, 0.4) is 0 Å². The van der Waals surface area contributed by atoms with E-state index >= 15 is 0 Å². The summed E-state index contributed by atoms with van der Waals surface area (Å²) in [7, 11) is -14.8. The molecule has 772 valence electrons. The number of benzene rings is 11. The fraction of sp³-hybridized carbons (Fsp3) is 0.214. The molecule has 43 heteroatoms. The second-order valence-electron chi connectivity index (χ2n) is 32.3. The molecule has 0 bridgehead atoms. The van der Waals surface area contributed by atoms with E-state index in [0.29, 0.717) is 65.6 Å². The largest absolute Gasteiger partial charge is 0.497 e. The highest BCUT2D eigenvalue weighted by Gasteiger charge is 2.34. The summed E-state index contributed by atoms with van der Waals surface area (Å²) in [6.07, 6.45) is 4.88. The Bertz CT molecular complexity index is 7190. The number of carbonyl (C=O) groups is 6. The van der Waals surface area contributed by atoms with Gasteiger partial charge in [-0.05, 0) is 241 Å². The Labute approximate surface area is 845 Å². The SMILES string of the molecule is CN(Cc1ccccc1)S(=O)(=O)c1ccc(C(=O)O)cc1.COc1ccc(CN(Cc2ccccc2)S(=O)(=O)CCC(=O)O)cc1.COc1ccc(CN(Cc2ccccc2OC)S(=O)(=O)c2ccc(C(=O)O)cc2)cc1.COc1ccc(CNS(=O)(=O)c2ccc(C(=O)O)cc2)cc1.O=C(O)C1CCC(CN(Cc2ccc(F)cc2)S(=O)(=O)c2ccccn2)CC1.O=C(O)c1ccc(S(=O)(=O)NCc2ccco2)cc1. The summed E-state index contributed by atoms with van der Waals surface area (Å²) in [5.41, 5.74) is 5.62. The summed E-state index contributed by atoms with van der Waals surface area (Å²) in [6.45, 7) is 1.37. The number of para-hydroxylation sites is 1. The molecule has 1 saturated carbocycles. The number of furan rings is 1. The zero-order valence-corrected chi connectivity index (χ0v) is 84.4. The molecule has 0 saturated heterocycles. The van der Waals surface area contributed by atoms with Crippen molar-refractivity contribution in [3.63, 3.8) is 0 Å². The lowest BCUT2D eigenvalue weighted by Gasteiger charge is -2.31. The third-order valence-electron chi connectivity index (χ3n) is 22.2. The van der Waals surface area contributed by atoms with Crippen LogP contribution in [-0.2, 0) is 122 Å². The molecule has 11 aromatic carbocycles. The Hall–Kier alpha value is -14.7. The molecule has 1 aliphatic rings. The van der Waals surface area contributed by atoms with Crippen LogP contribution in [0.2, 0.25) is 0 Å². The Morgan fingerprint density at radius 1 is 0.377 bits per heavy atom. The van der Waals surface area contributed by atoms with Gasteiger partial charge in [-0.2, -0.15) is 17.2 Å². The Kier molecular flexibility index (Phi) is 43.1. The molecule has 14 rings (SSSR count). The van der Waals surface area contributed by atoms with Gasteiger partial charge in [0.25, 0.3) is 10.0 Å². The highest BCUT2D eigenvalue weighted by Crippen LogP contribution is 2.33. The molecule has 36 nitrogen and oxygen atoms in total. The molecular weight excluding hydrogens is 2010 g/mol. The summed E-state index contributed by atoms with van der Waals surface area (Å²) < 4.78 is 200. The Morgan fingerprint density at radius 2 is 0.760 bits per heavy atom. The lowest BCUT2D eigenvalue weighted by Crippen LogP contribution is -2.37. The standard InChI is InChI=1S/C23H23NO6S.C20H23FN2O4S.C18H21NO5S.C15H15NO5S.C15H15NO4S.C12H11NO5S/c1-29-20-11-7-17(8-12-20)15-24(16-19-5-3-4-6-22(19)30-2)31(27,28)21-13-9-18(10-14-21)23(25)26;21-18-10-6-16(7-11-18)14-23(28(26,27)19-3-1-2-12-22-19)13-15-4-8-17(9-5-15)20(24)25;1-24-17-9-7-16(8-10-17)14-19(13-15-5-3-2-4-6-15)25(22,23)12-11-18(20)21;1-21-13-6-2-11(3-7-13)10-16-22(19,20)14-8-4-12(5-9-14)15(17)18;1-16(11-12-5-3-2-4-6-12)21(19,20)14-9-7-13(8-10-14)15(17)18;14-12(15)9-3-5-11(6-4-9)19(16,17)13-8-10-2-1-7-18-10/h3-14H,15-16H2,1-2H3,(H,25,26);1-3,6-7,10-12,15,17H,4-5,8-9,13-14H2,(H,24,25);2-10H,11-14H2,1H3,(H,20,21);2-9,16H,10H2,1H3,(H,17,18);2-10H,11H2,1H3,(H,17,18);1-7,13H,8H2,(H,14,15). The predicted octanol–water partition coefficient (Wildman–Crippen LogP) is 15.1. The van der Waals surface area contributed by atoms with E-state index in [0.717, 1.165) is 27.8 Å². The van der Waals surface area contributed by atoms with Crippen molar-refractivity contribution in [2.24, 2.45) is 11.8 Å². The van der Waals surface area contributed by atoms with Crippen molar-refractivity contribution in [2.45, 2.75) is 109 Å². The van der Waals surface area contributed by atoms with Gasteiger partial charge in [-0.15, -0.1) is 0 Å². The number of rotatable bonds is 41.